The third-order valence-electron chi connectivity index (χ3n) is 5.21. The van der Waals surface area contributed by atoms with E-state index in [1.54, 1.807) is 25.4 Å². The van der Waals surface area contributed by atoms with E-state index in [2.05, 4.69) is 15.2 Å². The fourth-order valence-corrected chi connectivity index (χ4v) is 3.51. The van der Waals surface area contributed by atoms with Gasteiger partial charge in [0.2, 0.25) is 0 Å². The number of hydrogen-bond acceptors (Lipinski definition) is 5. The highest BCUT2D eigenvalue weighted by Gasteiger charge is 2.15. The first kappa shape index (κ1) is 20.0. The molecule has 0 bridgehead atoms. The van der Waals surface area contributed by atoms with Crippen molar-refractivity contribution in [3.63, 3.8) is 0 Å². The SMILES string of the molecule is COCCN(C)CCNC(=O)c1cccn2c(=O)c3cc4ccccc4cc3nc12. The Hall–Kier alpha value is -3.29. The molecule has 0 fully saturated rings. The van der Waals surface area contributed by atoms with Crippen LogP contribution in [0.3, 0.4) is 0 Å². The molecule has 1 amide bonds. The average Bonchev–Trinajstić information content (AvgIpc) is 2.76. The molecule has 4 aromatic rings. The van der Waals surface area contributed by atoms with Crippen LogP contribution in [0.25, 0.3) is 27.3 Å². The molecule has 0 unspecified atom stereocenters. The molecule has 2 aromatic carbocycles. The van der Waals surface area contributed by atoms with Gasteiger partial charge in [-0.3, -0.25) is 14.0 Å². The van der Waals surface area contributed by atoms with Gasteiger partial charge in [0, 0.05) is 32.9 Å². The van der Waals surface area contributed by atoms with Gasteiger partial charge >= 0.3 is 0 Å². The van der Waals surface area contributed by atoms with E-state index in [1.807, 2.05) is 43.4 Å². The van der Waals surface area contributed by atoms with Crippen LogP contribution in [0.1, 0.15) is 10.4 Å². The Morgan fingerprint density at radius 3 is 2.67 bits per heavy atom. The number of ether oxygens (including phenoxy) is 1. The lowest BCUT2D eigenvalue weighted by molar-refractivity contribution is 0.0948. The van der Waals surface area contributed by atoms with Crippen LogP contribution in [0, 0.1) is 0 Å². The van der Waals surface area contributed by atoms with Crippen LogP contribution < -0.4 is 10.9 Å². The minimum absolute atomic E-state index is 0.185. The molecule has 0 saturated heterocycles. The minimum atomic E-state index is -0.250. The zero-order chi connectivity index (χ0) is 21.1. The molecular formula is C23H24N4O3. The monoisotopic (exact) mass is 404 g/mol. The second-order valence-electron chi connectivity index (χ2n) is 7.30. The van der Waals surface area contributed by atoms with Crippen LogP contribution in [-0.4, -0.2) is 60.6 Å². The van der Waals surface area contributed by atoms with Crippen LogP contribution in [0.5, 0.6) is 0 Å². The molecule has 0 spiro atoms. The molecule has 30 heavy (non-hydrogen) atoms. The first-order valence-corrected chi connectivity index (χ1v) is 9.88. The number of carbonyl (C=O) groups is 1. The van der Waals surface area contributed by atoms with Crippen molar-refractivity contribution in [3.05, 3.63) is 70.6 Å². The third-order valence-corrected chi connectivity index (χ3v) is 5.21. The van der Waals surface area contributed by atoms with Crippen LogP contribution in [0.2, 0.25) is 0 Å². The fourth-order valence-electron chi connectivity index (χ4n) is 3.51. The summed E-state index contributed by atoms with van der Waals surface area (Å²) in [6.07, 6.45) is 1.65. The Bertz CT molecular complexity index is 1280. The number of fused-ring (bicyclic) bond motifs is 3. The van der Waals surface area contributed by atoms with E-state index in [-0.39, 0.29) is 11.5 Å². The Balaban J connectivity index is 1.68. The van der Waals surface area contributed by atoms with Crippen molar-refractivity contribution in [2.75, 3.05) is 40.4 Å². The summed E-state index contributed by atoms with van der Waals surface area (Å²) < 4.78 is 6.50. The molecule has 2 aromatic heterocycles. The van der Waals surface area contributed by atoms with Crippen LogP contribution in [-0.2, 0) is 4.74 Å². The lowest BCUT2D eigenvalue weighted by atomic mass is 10.1. The fraction of sp³-hybridized carbons (Fsp3) is 0.261. The maximum atomic E-state index is 13.1. The summed E-state index contributed by atoms with van der Waals surface area (Å²) >= 11 is 0. The number of likely N-dealkylation sites (N-methyl/N-ethyl adjacent to an activating group) is 1. The van der Waals surface area contributed by atoms with Gasteiger partial charge < -0.3 is 15.0 Å². The zero-order valence-corrected chi connectivity index (χ0v) is 17.1. The smallest absolute Gasteiger partial charge is 0.265 e. The van der Waals surface area contributed by atoms with Gasteiger partial charge in [-0.05, 0) is 42.1 Å². The number of rotatable bonds is 7. The maximum Gasteiger partial charge on any atom is 0.265 e. The molecule has 154 valence electrons. The molecule has 0 atom stereocenters. The van der Waals surface area contributed by atoms with Gasteiger partial charge in [-0.25, -0.2) is 4.98 Å². The topological polar surface area (TPSA) is 75.9 Å². The number of pyridine rings is 1. The highest BCUT2D eigenvalue weighted by Crippen LogP contribution is 2.20. The molecule has 2 heterocycles. The van der Waals surface area contributed by atoms with Crippen molar-refractivity contribution >= 4 is 33.2 Å². The number of methoxy groups -OCH3 is 1. The number of carbonyl (C=O) groups excluding carboxylic acids is 1. The molecule has 7 nitrogen and oxygen atoms in total. The van der Waals surface area contributed by atoms with Gasteiger partial charge in [-0.2, -0.15) is 0 Å². The highest BCUT2D eigenvalue weighted by atomic mass is 16.5. The maximum absolute atomic E-state index is 13.1. The standard InChI is InChI=1S/C23H24N4O3/c1-26(12-13-30-2)11-9-24-22(28)18-8-5-10-27-21(18)25-20-15-17-7-4-3-6-16(17)14-19(20)23(27)29/h3-8,10,14-15H,9,11-13H2,1-2H3,(H,24,28). The van der Waals surface area contributed by atoms with Crippen molar-refractivity contribution in [2.45, 2.75) is 0 Å². The van der Waals surface area contributed by atoms with Crippen LogP contribution >= 0.6 is 0 Å². The van der Waals surface area contributed by atoms with E-state index >= 15 is 0 Å². The van der Waals surface area contributed by atoms with E-state index in [0.717, 1.165) is 17.3 Å². The Kier molecular flexibility index (Phi) is 5.74. The summed E-state index contributed by atoms with van der Waals surface area (Å²) in [6, 6.07) is 15.0. The molecule has 0 aliphatic carbocycles. The first-order valence-electron chi connectivity index (χ1n) is 9.88. The first-order chi connectivity index (χ1) is 14.6. The summed E-state index contributed by atoms with van der Waals surface area (Å²) in [6.45, 7) is 2.62. The summed E-state index contributed by atoms with van der Waals surface area (Å²) in [5, 5.41) is 5.43. The van der Waals surface area contributed by atoms with E-state index in [1.165, 1.54) is 4.40 Å². The number of amides is 1. The normalized spacial score (nSPS) is 11.6. The van der Waals surface area contributed by atoms with Crippen LogP contribution in [0.15, 0.2) is 59.5 Å². The van der Waals surface area contributed by atoms with Crippen LogP contribution in [0.4, 0.5) is 0 Å². The third kappa shape index (κ3) is 3.90. The van der Waals surface area contributed by atoms with Crippen molar-refractivity contribution in [2.24, 2.45) is 0 Å². The number of benzene rings is 2. The molecular weight excluding hydrogens is 380 g/mol. The molecule has 4 rings (SSSR count). The van der Waals surface area contributed by atoms with Crippen molar-refractivity contribution in [1.29, 1.82) is 0 Å². The van der Waals surface area contributed by atoms with Gasteiger partial charge in [0.05, 0.1) is 23.1 Å². The summed E-state index contributed by atoms with van der Waals surface area (Å²) in [5.41, 5.74) is 1.13. The Labute approximate surface area is 173 Å². The second-order valence-corrected chi connectivity index (χ2v) is 7.30. The number of hydrogen-bond donors (Lipinski definition) is 1. The molecule has 0 saturated carbocycles. The van der Waals surface area contributed by atoms with Gasteiger partial charge in [-0.15, -0.1) is 0 Å². The molecule has 0 aliphatic rings. The van der Waals surface area contributed by atoms with E-state index in [9.17, 15) is 9.59 Å². The Morgan fingerprint density at radius 2 is 1.90 bits per heavy atom. The molecule has 0 radical (unpaired) electrons. The van der Waals surface area contributed by atoms with E-state index in [0.29, 0.717) is 41.8 Å². The van der Waals surface area contributed by atoms with Gasteiger partial charge in [-0.1, -0.05) is 24.3 Å². The quantitative estimate of drug-likeness (QED) is 0.479. The summed E-state index contributed by atoms with van der Waals surface area (Å²) in [4.78, 5) is 32.6. The van der Waals surface area contributed by atoms with Crippen molar-refractivity contribution < 1.29 is 9.53 Å². The number of nitrogens with zero attached hydrogens (tertiary/aromatic N) is 3. The van der Waals surface area contributed by atoms with Gasteiger partial charge in [0.25, 0.3) is 11.5 Å². The van der Waals surface area contributed by atoms with E-state index < -0.39 is 0 Å². The van der Waals surface area contributed by atoms with Crippen molar-refractivity contribution in [1.82, 2.24) is 19.6 Å². The second kappa shape index (κ2) is 8.61. The van der Waals surface area contributed by atoms with Crippen molar-refractivity contribution in [3.8, 4) is 0 Å². The number of aromatic nitrogens is 2. The zero-order valence-electron chi connectivity index (χ0n) is 17.1. The Morgan fingerprint density at radius 1 is 1.13 bits per heavy atom. The lowest BCUT2D eigenvalue weighted by Gasteiger charge is -2.16. The van der Waals surface area contributed by atoms with Gasteiger partial charge in [0.1, 0.15) is 0 Å². The largest absolute Gasteiger partial charge is 0.383 e. The minimum Gasteiger partial charge on any atom is -0.383 e. The molecule has 0 aliphatic heterocycles. The highest BCUT2D eigenvalue weighted by molar-refractivity contribution is 6.02. The average molecular weight is 404 g/mol. The predicted octanol–water partition coefficient (Wildman–Crippen LogP) is 2.31. The molecule has 1 N–H and O–H groups in total. The molecule has 7 heteroatoms. The number of nitrogens with one attached hydrogen (secondary N) is 1. The lowest BCUT2D eigenvalue weighted by Crippen LogP contribution is -2.34. The summed E-state index contributed by atoms with van der Waals surface area (Å²) in [5.74, 6) is -0.250. The summed E-state index contributed by atoms with van der Waals surface area (Å²) in [7, 11) is 3.64. The predicted molar refractivity (Wildman–Crippen MR) is 118 cm³/mol. The van der Waals surface area contributed by atoms with E-state index in [4.69, 9.17) is 4.74 Å². The van der Waals surface area contributed by atoms with Gasteiger partial charge in [0.15, 0.2) is 5.65 Å².